The average Bonchev–Trinajstić information content (AvgIpc) is 3.09. The quantitative estimate of drug-likeness (QED) is 0.696. The Labute approximate surface area is 178 Å². The molecule has 1 aromatic carbocycles. The highest BCUT2D eigenvalue weighted by Gasteiger charge is 2.32. The number of pyridine rings is 1. The van der Waals surface area contributed by atoms with Crippen molar-refractivity contribution in [3.63, 3.8) is 0 Å². The number of hydrogen-bond donors (Lipinski definition) is 1. The number of rotatable bonds is 4. The summed E-state index contributed by atoms with van der Waals surface area (Å²) in [5.41, 5.74) is 1.39. The van der Waals surface area contributed by atoms with Gasteiger partial charge in [0, 0.05) is 25.3 Å². The van der Waals surface area contributed by atoms with E-state index in [0.29, 0.717) is 41.6 Å². The summed E-state index contributed by atoms with van der Waals surface area (Å²) >= 11 is 0. The molecule has 0 bridgehead atoms. The minimum absolute atomic E-state index is 0.0610. The molecule has 3 heterocycles. The Kier molecular flexibility index (Phi) is 5.17. The molecule has 1 amide bonds. The number of aromatic hydroxyl groups is 1. The molecule has 2 aromatic heterocycles. The van der Waals surface area contributed by atoms with Crippen LogP contribution in [0.5, 0.6) is 5.88 Å². The Morgan fingerprint density at radius 2 is 1.97 bits per heavy atom. The summed E-state index contributed by atoms with van der Waals surface area (Å²) in [6.45, 7) is 2.90. The average molecular weight is 420 g/mol. The van der Waals surface area contributed by atoms with E-state index in [1.54, 1.807) is 29.2 Å². The minimum atomic E-state index is -0.629. The Hall–Kier alpha value is -3.77. The van der Waals surface area contributed by atoms with Gasteiger partial charge >= 0.3 is 0 Å². The molecule has 0 aliphatic carbocycles. The molecule has 0 atom stereocenters. The minimum Gasteiger partial charge on any atom is -0.493 e. The lowest BCUT2D eigenvalue weighted by molar-refractivity contribution is 0.0399. The number of likely N-dealkylation sites (tertiary alicyclic amines) is 1. The molecule has 1 fully saturated rings. The van der Waals surface area contributed by atoms with Crippen molar-refractivity contribution in [3.8, 4) is 28.9 Å². The first-order valence-corrected chi connectivity index (χ1v) is 9.70. The van der Waals surface area contributed by atoms with Gasteiger partial charge in [-0.05, 0) is 50.3 Å². The standard InChI is InChI=1S/C22H21FN6O2/c1-13-17(6-4-14(8-24)20(13)23)18-10-26-29(22(18)31)19-7-5-15(9-25-19)21(30)28-11-16(12-28)27(2)3/h4-7,9-10,16,31H,11-12H2,1-3H3. The first-order chi connectivity index (χ1) is 14.8. The van der Waals surface area contributed by atoms with Crippen LogP contribution in [-0.2, 0) is 0 Å². The zero-order chi connectivity index (χ0) is 22.3. The van der Waals surface area contributed by atoms with E-state index in [1.807, 2.05) is 14.1 Å². The number of nitrogens with zero attached hydrogens (tertiary/aromatic N) is 6. The van der Waals surface area contributed by atoms with Crippen molar-refractivity contribution in [1.82, 2.24) is 24.6 Å². The molecule has 1 saturated heterocycles. The van der Waals surface area contributed by atoms with Crippen LogP contribution in [0.1, 0.15) is 21.5 Å². The van der Waals surface area contributed by atoms with Gasteiger partial charge in [-0.2, -0.15) is 15.0 Å². The Morgan fingerprint density at radius 1 is 1.23 bits per heavy atom. The van der Waals surface area contributed by atoms with Crippen molar-refractivity contribution in [3.05, 3.63) is 59.2 Å². The molecule has 3 aromatic rings. The number of carbonyl (C=O) groups excluding carboxylic acids is 1. The molecule has 1 N–H and O–H groups in total. The zero-order valence-electron chi connectivity index (χ0n) is 17.4. The third kappa shape index (κ3) is 3.51. The van der Waals surface area contributed by atoms with Crippen molar-refractivity contribution in [2.24, 2.45) is 0 Å². The third-order valence-corrected chi connectivity index (χ3v) is 5.63. The number of carbonyl (C=O) groups is 1. The number of aromatic nitrogens is 3. The molecule has 0 spiro atoms. The van der Waals surface area contributed by atoms with Crippen molar-refractivity contribution < 1.29 is 14.3 Å². The Balaban J connectivity index is 1.57. The molecule has 0 unspecified atom stereocenters. The highest BCUT2D eigenvalue weighted by molar-refractivity contribution is 5.94. The smallest absolute Gasteiger partial charge is 0.255 e. The first-order valence-electron chi connectivity index (χ1n) is 9.70. The summed E-state index contributed by atoms with van der Waals surface area (Å²) < 4.78 is 15.5. The van der Waals surface area contributed by atoms with Gasteiger partial charge in [0.2, 0.25) is 5.88 Å². The summed E-state index contributed by atoms with van der Waals surface area (Å²) in [5.74, 6) is -0.612. The van der Waals surface area contributed by atoms with Crippen LogP contribution < -0.4 is 0 Å². The molecule has 0 saturated carbocycles. The van der Waals surface area contributed by atoms with E-state index in [4.69, 9.17) is 5.26 Å². The fraction of sp³-hybridized carbons (Fsp3) is 0.273. The molecule has 31 heavy (non-hydrogen) atoms. The van der Waals surface area contributed by atoms with Gasteiger partial charge in [0.25, 0.3) is 5.91 Å². The van der Waals surface area contributed by atoms with Gasteiger partial charge in [0.05, 0.1) is 22.9 Å². The van der Waals surface area contributed by atoms with E-state index in [-0.39, 0.29) is 22.9 Å². The number of likely N-dealkylation sites (N-methyl/N-ethyl adjacent to an activating group) is 1. The molecule has 158 valence electrons. The number of halogens is 1. The van der Waals surface area contributed by atoms with Crippen LogP contribution in [0.25, 0.3) is 16.9 Å². The van der Waals surface area contributed by atoms with Gasteiger partial charge in [-0.25, -0.2) is 9.37 Å². The maximum atomic E-state index is 14.3. The molecule has 1 aliphatic rings. The van der Waals surface area contributed by atoms with E-state index < -0.39 is 5.82 Å². The Bertz CT molecular complexity index is 1190. The maximum absolute atomic E-state index is 14.3. The van der Waals surface area contributed by atoms with E-state index in [9.17, 15) is 14.3 Å². The second-order valence-electron chi connectivity index (χ2n) is 7.74. The van der Waals surface area contributed by atoms with E-state index in [2.05, 4.69) is 15.0 Å². The predicted octanol–water partition coefficient (Wildman–Crippen LogP) is 2.35. The number of amides is 1. The molecular weight excluding hydrogens is 399 g/mol. The normalized spacial score (nSPS) is 13.9. The van der Waals surface area contributed by atoms with Gasteiger partial charge in [0.15, 0.2) is 5.82 Å². The number of benzene rings is 1. The third-order valence-electron chi connectivity index (χ3n) is 5.63. The van der Waals surface area contributed by atoms with Crippen molar-refractivity contribution in [2.45, 2.75) is 13.0 Å². The summed E-state index contributed by atoms with van der Waals surface area (Å²) in [6.07, 6.45) is 2.86. The van der Waals surface area contributed by atoms with E-state index >= 15 is 0 Å². The SMILES string of the molecule is Cc1c(-c2cnn(-c3ccc(C(=O)N4CC(N(C)C)C4)cn3)c2O)ccc(C#N)c1F. The monoisotopic (exact) mass is 420 g/mol. The lowest BCUT2D eigenvalue weighted by Crippen LogP contribution is -2.59. The summed E-state index contributed by atoms with van der Waals surface area (Å²) in [6, 6.07) is 8.34. The van der Waals surface area contributed by atoms with E-state index in [0.717, 1.165) is 0 Å². The topological polar surface area (TPSA) is 98.3 Å². The van der Waals surface area contributed by atoms with Crippen molar-refractivity contribution in [2.75, 3.05) is 27.2 Å². The van der Waals surface area contributed by atoms with Crippen LogP contribution in [0.15, 0.2) is 36.7 Å². The maximum Gasteiger partial charge on any atom is 0.255 e. The van der Waals surface area contributed by atoms with Crippen molar-refractivity contribution >= 4 is 5.91 Å². The van der Waals surface area contributed by atoms with Crippen LogP contribution in [-0.4, -0.2) is 68.8 Å². The van der Waals surface area contributed by atoms with Gasteiger partial charge in [0.1, 0.15) is 11.9 Å². The lowest BCUT2D eigenvalue weighted by atomic mass is 10.00. The molecule has 0 radical (unpaired) electrons. The summed E-state index contributed by atoms with van der Waals surface area (Å²) in [5, 5.41) is 23.8. The van der Waals surface area contributed by atoms with Crippen molar-refractivity contribution in [1.29, 1.82) is 5.26 Å². The zero-order valence-corrected chi connectivity index (χ0v) is 17.4. The van der Waals surface area contributed by atoms with Crippen LogP contribution in [0.4, 0.5) is 4.39 Å². The van der Waals surface area contributed by atoms with E-state index in [1.165, 1.54) is 30.1 Å². The van der Waals surface area contributed by atoms with Gasteiger partial charge < -0.3 is 14.9 Å². The molecule has 4 rings (SSSR count). The van der Waals surface area contributed by atoms with Crippen LogP contribution in [0.3, 0.4) is 0 Å². The number of hydrogen-bond acceptors (Lipinski definition) is 6. The molecule has 9 heteroatoms. The predicted molar refractivity (Wildman–Crippen MR) is 111 cm³/mol. The van der Waals surface area contributed by atoms with Crippen LogP contribution in [0, 0.1) is 24.1 Å². The number of nitriles is 1. The van der Waals surface area contributed by atoms with Gasteiger partial charge in [-0.15, -0.1) is 0 Å². The van der Waals surface area contributed by atoms with Crippen LogP contribution >= 0.6 is 0 Å². The highest BCUT2D eigenvalue weighted by atomic mass is 19.1. The fourth-order valence-corrected chi connectivity index (χ4v) is 3.53. The lowest BCUT2D eigenvalue weighted by Gasteiger charge is -2.42. The first kappa shape index (κ1) is 20.5. The molecule has 8 nitrogen and oxygen atoms in total. The summed E-state index contributed by atoms with van der Waals surface area (Å²) in [7, 11) is 3.98. The fourth-order valence-electron chi connectivity index (χ4n) is 3.53. The molecular formula is C22H21FN6O2. The largest absolute Gasteiger partial charge is 0.493 e. The van der Waals surface area contributed by atoms with Crippen LogP contribution in [0.2, 0.25) is 0 Å². The van der Waals surface area contributed by atoms with Gasteiger partial charge in [-0.1, -0.05) is 6.07 Å². The molecule has 1 aliphatic heterocycles. The highest BCUT2D eigenvalue weighted by Crippen LogP contribution is 2.34. The second kappa shape index (κ2) is 7.81. The Morgan fingerprint density at radius 3 is 2.58 bits per heavy atom. The summed E-state index contributed by atoms with van der Waals surface area (Å²) in [4.78, 5) is 20.7. The second-order valence-corrected chi connectivity index (χ2v) is 7.74. The van der Waals surface area contributed by atoms with Gasteiger partial charge in [-0.3, -0.25) is 4.79 Å².